The van der Waals surface area contributed by atoms with Crippen molar-refractivity contribution in [3.63, 3.8) is 0 Å². The summed E-state index contributed by atoms with van der Waals surface area (Å²) in [5.74, 6) is -0.0286. The molecule has 1 aromatic heterocycles. The Bertz CT molecular complexity index is 1020. The summed E-state index contributed by atoms with van der Waals surface area (Å²) < 4.78 is 18.9. The van der Waals surface area contributed by atoms with Gasteiger partial charge in [0.05, 0.1) is 12.8 Å². The molecule has 6 nitrogen and oxygen atoms in total. The molecule has 32 heavy (non-hydrogen) atoms. The third-order valence-corrected chi connectivity index (χ3v) is 4.83. The molecular weight excluding hydrogens is 409 g/mol. The molecule has 0 fully saturated rings. The van der Waals surface area contributed by atoms with Crippen molar-refractivity contribution in [1.29, 1.82) is 0 Å². The quantitative estimate of drug-likeness (QED) is 0.469. The number of hydrogen-bond acceptors (Lipinski definition) is 3. The molecule has 2 aromatic carbocycles. The number of carbonyl (C=O) groups is 2. The Balaban J connectivity index is 1.68. The van der Waals surface area contributed by atoms with Crippen molar-refractivity contribution in [1.82, 2.24) is 9.80 Å². The molecule has 3 aromatic rings. The Kier molecular flexibility index (Phi) is 8.20. The average molecular weight is 435 g/mol. The predicted molar refractivity (Wildman–Crippen MR) is 121 cm³/mol. The molecule has 0 radical (unpaired) electrons. The van der Waals surface area contributed by atoms with Gasteiger partial charge < -0.3 is 19.5 Å². The average Bonchev–Trinajstić information content (AvgIpc) is 3.30. The summed E-state index contributed by atoms with van der Waals surface area (Å²) in [5.41, 5.74) is 1.42. The van der Waals surface area contributed by atoms with Crippen molar-refractivity contribution >= 4 is 17.6 Å². The highest BCUT2D eigenvalue weighted by Gasteiger charge is 2.22. The minimum Gasteiger partial charge on any atom is -0.467 e. The van der Waals surface area contributed by atoms with Crippen molar-refractivity contribution in [3.05, 3.63) is 103 Å². The van der Waals surface area contributed by atoms with Crippen molar-refractivity contribution in [2.45, 2.75) is 13.0 Å². The van der Waals surface area contributed by atoms with Crippen molar-refractivity contribution in [2.75, 3.05) is 25.0 Å². The van der Waals surface area contributed by atoms with E-state index in [1.54, 1.807) is 35.4 Å². The molecule has 0 aliphatic heterocycles. The molecule has 7 heteroatoms. The van der Waals surface area contributed by atoms with Gasteiger partial charge in [0.15, 0.2) is 0 Å². The summed E-state index contributed by atoms with van der Waals surface area (Å²) >= 11 is 0. The molecule has 3 rings (SSSR count). The molecule has 0 unspecified atom stereocenters. The Morgan fingerprint density at radius 1 is 1.03 bits per heavy atom. The van der Waals surface area contributed by atoms with Crippen LogP contribution < -0.4 is 5.32 Å². The number of amides is 3. The number of benzene rings is 2. The summed E-state index contributed by atoms with van der Waals surface area (Å²) in [5, 5.41) is 2.63. The van der Waals surface area contributed by atoms with Gasteiger partial charge in [-0.1, -0.05) is 42.5 Å². The van der Waals surface area contributed by atoms with Crippen LogP contribution in [0.15, 0.2) is 90.1 Å². The maximum absolute atomic E-state index is 13.4. The zero-order valence-corrected chi connectivity index (χ0v) is 17.7. The fourth-order valence-electron chi connectivity index (χ4n) is 3.20. The highest BCUT2D eigenvalue weighted by molar-refractivity contribution is 5.92. The lowest BCUT2D eigenvalue weighted by molar-refractivity contribution is -0.132. The van der Waals surface area contributed by atoms with Crippen LogP contribution in [0.25, 0.3) is 0 Å². The van der Waals surface area contributed by atoms with Crippen LogP contribution >= 0.6 is 0 Å². The smallest absolute Gasteiger partial charge is 0.322 e. The van der Waals surface area contributed by atoms with Crippen LogP contribution in [0.4, 0.5) is 14.9 Å². The van der Waals surface area contributed by atoms with Gasteiger partial charge in [0.1, 0.15) is 18.1 Å². The standard InChI is InChI=1S/C25H26FN3O3/c1-2-14-29(25(31)27-22-11-6-10-21(26)17-22)19-24(30)28(18-23-12-7-16-32-23)15-13-20-8-4-3-5-9-20/h2-12,16-17H,1,13-15,18-19H2,(H,27,31). The second kappa shape index (κ2) is 11.5. The van der Waals surface area contributed by atoms with Crippen LogP contribution in [-0.4, -0.2) is 41.4 Å². The number of halogens is 1. The third-order valence-electron chi connectivity index (χ3n) is 4.83. The molecule has 0 aliphatic carbocycles. The molecule has 1 heterocycles. The molecule has 166 valence electrons. The fourth-order valence-corrected chi connectivity index (χ4v) is 3.20. The Hall–Kier alpha value is -3.87. The van der Waals surface area contributed by atoms with Crippen LogP contribution in [0.1, 0.15) is 11.3 Å². The molecule has 3 amide bonds. The Morgan fingerprint density at radius 3 is 2.53 bits per heavy atom. The maximum Gasteiger partial charge on any atom is 0.322 e. The van der Waals surface area contributed by atoms with E-state index in [0.717, 1.165) is 5.56 Å². The van der Waals surface area contributed by atoms with Crippen LogP contribution in [-0.2, 0) is 17.8 Å². The first kappa shape index (κ1) is 22.8. The number of rotatable bonds is 10. The van der Waals surface area contributed by atoms with Crippen LogP contribution in [0, 0.1) is 5.82 Å². The number of furan rings is 1. The van der Waals surface area contributed by atoms with E-state index < -0.39 is 11.8 Å². The van der Waals surface area contributed by atoms with E-state index in [-0.39, 0.29) is 19.0 Å². The Morgan fingerprint density at radius 2 is 1.84 bits per heavy atom. The van der Waals surface area contributed by atoms with Crippen LogP contribution in [0.2, 0.25) is 0 Å². The summed E-state index contributed by atoms with van der Waals surface area (Å²) in [6.07, 6.45) is 3.77. The number of urea groups is 1. The van der Waals surface area contributed by atoms with E-state index in [9.17, 15) is 14.0 Å². The number of hydrogen-bond donors (Lipinski definition) is 1. The summed E-state index contributed by atoms with van der Waals surface area (Å²) in [6.45, 7) is 4.46. The minimum atomic E-state index is -0.509. The van der Waals surface area contributed by atoms with Gasteiger partial charge in [0.25, 0.3) is 0 Å². The van der Waals surface area contributed by atoms with E-state index in [2.05, 4.69) is 11.9 Å². The van der Waals surface area contributed by atoms with E-state index >= 15 is 0 Å². The van der Waals surface area contributed by atoms with Crippen molar-refractivity contribution in [3.8, 4) is 0 Å². The Labute approximate surface area is 186 Å². The van der Waals surface area contributed by atoms with Gasteiger partial charge in [-0.25, -0.2) is 9.18 Å². The number of anilines is 1. The highest BCUT2D eigenvalue weighted by atomic mass is 19.1. The lowest BCUT2D eigenvalue weighted by Crippen LogP contribution is -2.44. The van der Waals surface area contributed by atoms with Gasteiger partial charge >= 0.3 is 6.03 Å². The summed E-state index contributed by atoms with van der Waals surface area (Å²) in [4.78, 5) is 28.9. The maximum atomic E-state index is 13.4. The number of nitrogens with one attached hydrogen (secondary N) is 1. The summed E-state index contributed by atoms with van der Waals surface area (Å²) in [6, 6.07) is 18.5. The molecule has 0 saturated carbocycles. The first-order valence-electron chi connectivity index (χ1n) is 10.3. The SMILES string of the molecule is C=CCN(CC(=O)N(CCc1ccccc1)Cc1ccco1)C(=O)Nc1cccc(F)c1. The van der Waals surface area contributed by atoms with E-state index in [1.807, 2.05) is 30.3 Å². The molecule has 1 N–H and O–H groups in total. The minimum absolute atomic E-state index is 0.150. The fraction of sp³-hybridized carbons (Fsp3) is 0.200. The van der Waals surface area contributed by atoms with E-state index in [4.69, 9.17) is 4.42 Å². The third kappa shape index (κ3) is 6.84. The molecule has 0 spiro atoms. The normalized spacial score (nSPS) is 10.4. The molecule has 0 saturated heterocycles. The second-order valence-corrected chi connectivity index (χ2v) is 7.24. The molecule has 0 atom stereocenters. The van der Waals surface area contributed by atoms with Crippen molar-refractivity contribution in [2.24, 2.45) is 0 Å². The monoisotopic (exact) mass is 435 g/mol. The first-order chi connectivity index (χ1) is 15.5. The lowest BCUT2D eigenvalue weighted by atomic mass is 10.1. The zero-order chi connectivity index (χ0) is 22.8. The van der Waals surface area contributed by atoms with Gasteiger partial charge in [-0.2, -0.15) is 0 Å². The van der Waals surface area contributed by atoms with Crippen LogP contribution in [0.5, 0.6) is 0 Å². The van der Waals surface area contributed by atoms with Crippen molar-refractivity contribution < 1.29 is 18.4 Å². The van der Waals surface area contributed by atoms with E-state index in [0.29, 0.717) is 31.0 Å². The molecule has 0 aliphatic rings. The van der Waals surface area contributed by atoms with Gasteiger partial charge in [-0.05, 0) is 42.3 Å². The molecule has 0 bridgehead atoms. The van der Waals surface area contributed by atoms with Gasteiger partial charge in [0, 0.05) is 18.8 Å². The predicted octanol–water partition coefficient (Wildman–Crippen LogP) is 4.71. The highest BCUT2D eigenvalue weighted by Crippen LogP contribution is 2.12. The zero-order valence-electron chi connectivity index (χ0n) is 17.7. The second-order valence-electron chi connectivity index (χ2n) is 7.24. The largest absolute Gasteiger partial charge is 0.467 e. The topological polar surface area (TPSA) is 65.8 Å². The summed E-state index contributed by atoms with van der Waals surface area (Å²) in [7, 11) is 0. The first-order valence-corrected chi connectivity index (χ1v) is 10.3. The number of nitrogens with zero attached hydrogens (tertiary/aromatic N) is 2. The lowest BCUT2D eigenvalue weighted by Gasteiger charge is -2.27. The molecular formula is C25H26FN3O3. The van der Waals surface area contributed by atoms with Gasteiger partial charge in [-0.15, -0.1) is 6.58 Å². The number of carbonyl (C=O) groups excluding carboxylic acids is 2. The van der Waals surface area contributed by atoms with Gasteiger partial charge in [0.2, 0.25) is 5.91 Å². The van der Waals surface area contributed by atoms with E-state index in [1.165, 1.54) is 23.1 Å². The van der Waals surface area contributed by atoms with Gasteiger partial charge in [-0.3, -0.25) is 4.79 Å². The van der Waals surface area contributed by atoms with Crippen LogP contribution in [0.3, 0.4) is 0 Å².